The van der Waals surface area contributed by atoms with Gasteiger partial charge in [0.15, 0.2) is 13.6 Å². The van der Waals surface area contributed by atoms with E-state index in [1.165, 1.54) is 28.4 Å². The fraction of sp³-hybridized carbons (Fsp3) is 0.417. The molecule has 171 valence electrons. The molecule has 2 aromatic rings. The summed E-state index contributed by atoms with van der Waals surface area (Å²) >= 11 is 0. The Morgan fingerprint density at radius 1 is 0.812 bits per heavy atom. The van der Waals surface area contributed by atoms with Crippen molar-refractivity contribution in [1.29, 1.82) is 0 Å². The van der Waals surface area contributed by atoms with Gasteiger partial charge in [0, 0.05) is 0 Å². The van der Waals surface area contributed by atoms with Gasteiger partial charge in [-0.1, -0.05) is 18.9 Å². The van der Waals surface area contributed by atoms with Gasteiger partial charge in [-0.2, -0.15) is 0 Å². The number of rotatable bonds is 9. The quantitative estimate of drug-likeness (QED) is 0.376. The SMILES string of the molecule is COc1cccc(OC)c1C(=O)[P](=O)C1(C(=O)c2c(OC)cc(C)cc2OC)CCCC1. The second kappa shape index (κ2) is 9.70. The fourth-order valence-electron chi connectivity index (χ4n) is 4.34. The lowest BCUT2D eigenvalue weighted by Gasteiger charge is -2.27. The van der Waals surface area contributed by atoms with E-state index in [9.17, 15) is 14.2 Å². The van der Waals surface area contributed by atoms with E-state index in [-0.39, 0.29) is 22.6 Å². The number of ketones is 1. The molecule has 0 N–H and O–H groups in total. The zero-order chi connectivity index (χ0) is 23.5. The minimum atomic E-state index is -2.66. The van der Waals surface area contributed by atoms with Crippen LogP contribution in [0, 0.1) is 6.92 Å². The molecule has 1 aliphatic rings. The maximum absolute atomic E-state index is 14.0. The molecule has 0 heterocycles. The van der Waals surface area contributed by atoms with E-state index in [0.29, 0.717) is 37.2 Å². The summed E-state index contributed by atoms with van der Waals surface area (Å²) in [4.78, 5) is 27.5. The molecule has 32 heavy (non-hydrogen) atoms. The molecule has 0 aliphatic heterocycles. The molecule has 0 amide bonds. The van der Waals surface area contributed by atoms with Gasteiger partial charge in [0.2, 0.25) is 5.52 Å². The highest BCUT2D eigenvalue weighted by atomic mass is 31.1. The summed E-state index contributed by atoms with van der Waals surface area (Å²) < 4.78 is 35.5. The molecule has 2 aromatic carbocycles. The second-order valence-corrected chi connectivity index (χ2v) is 9.60. The molecular weight excluding hydrogens is 431 g/mol. The van der Waals surface area contributed by atoms with Gasteiger partial charge < -0.3 is 18.9 Å². The first-order valence-electron chi connectivity index (χ1n) is 10.3. The van der Waals surface area contributed by atoms with Crippen LogP contribution in [0.1, 0.15) is 52.0 Å². The van der Waals surface area contributed by atoms with Crippen LogP contribution in [0.25, 0.3) is 0 Å². The van der Waals surface area contributed by atoms with Crippen molar-refractivity contribution in [2.24, 2.45) is 0 Å². The van der Waals surface area contributed by atoms with Gasteiger partial charge in [0.05, 0.1) is 28.4 Å². The molecule has 0 saturated heterocycles. The number of aryl methyl sites for hydroxylation is 1. The lowest BCUT2D eigenvalue weighted by molar-refractivity contribution is 0.0924. The number of Topliss-reactive ketones (excluding diaryl/α,β-unsaturated/α-hetero) is 1. The van der Waals surface area contributed by atoms with Crippen LogP contribution in [0.15, 0.2) is 30.3 Å². The maximum Gasteiger partial charge on any atom is 0.250 e. The smallest absolute Gasteiger partial charge is 0.250 e. The van der Waals surface area contributed by atoms with E-state index < -0.39 is 24.3 Å². The summed E-state index contributed by atoms with van der Waals surface area (Å²) in [5, 5.41) is -1.35. The van der Waals surface area contributed by atoms with Crippen molar-refractivity contribution in [1.82, 2.24) is 0 Å². The van der Waals surface area contributed by atoms with Gasteiger partial charge >= 0.3 is 0 Å². The lowest BCUT2D eigenvalue weighted by atomic mass is 9.93. The molecule has 1 saturated carbocycles. The molecule has 1 fully saturated rings. The van der Waals surface area contributed by atoms with Crippen LogP contribution in [0.2, 0.25) is 0 Å². The van der Waals surface area contributed by atoms with Crippen molar-refractivity contribution in [2.45, 2.75) is 37.8 Å². The summed E-state index contributed by atoms with van der Waals surface area (Å²) in [5.74, 6) is 0.785. The van der Waals surface area contributed by atoms with Crippen LogP contribution in [-0.2, 0) is 4.57 Å². The third-order valence-corrected chi connectivity index (χ3v) is 7.97. The predicted octanol–water partition coefficient (Wildman–Crippen LogP) is 5.19. The molecule has 0 bridgehead atoms. The van der Waals surface area contributed by atoms with Crippen LogP contribution in [0.3, 0.4) is 0 Å². The first-order chi connectivity index (χ1) is 15.3. The van der Waals surface area contributed by atoms with Gasteiger partial charge in [-0.3, -0.25) is 14.2 Å². The van der Waals surface area contributed by atoms with Crippen LogP contribution >= 0.6 is 7.80 Å². The number of carbonyl (C=O) groups is 2. The Bertz CT molecular complexity index is 1010. The third-order valence-electron chi connectivity index (χ3n) is 5.95. The average molecular weight is 459 g/mol. The van der Waals surface area contributed by atoms with Crippen molar-refractivity contribution >= 4 is 19.1 Å². The fourth-order valence-corrected chi connectivity index (χ4v) is 6.17. The predicted molar refractivity (Wildman–Crippen MR) is 121 cm³/mol. The van der Waals surface area contributed by atoms with E-state index in [1.54, 1.807) is 30.3 Å². The van der Waals surface area contributed by atoms with Crippen LogP contribution in [0.4, 0.5) is 0 Å². The Balaban J connectivity index is 2.14. The third kappa shape index (κ3) is 3.97. The number of methoxy groups -OCH3 is 4. The molecule has 3 rings (SSSR count). The number of hydrogen-bond acceptors (Lipinski definition) is 7. The van der Waals surface area contributed by atoms with E-state index in [1.807, 2.05) is 6.92 Å². The van der Waals surface area contributed by atoms with Crippen molar-refractivity contribution in [3.05, 3.63) is 47.0 Å². The van der Waals surface area contributed by atoms with E-state index >= 15 is 0 Å². The largest absolute Gasteiger partial charge is 0.496 e. The molecule has 1 aliphatic carbocycles. The van der Waals surface area contributed by atoms with Gasteiger partial charge in [0.25, 0.3) is 0 Å². The zero-order valence-electron chi connectivity index (χ0n) is 19.0. The standard InChI is InChI=1S/C24H28O7P/c1-15-13-18(30-4)20(19(14-15)31-5)22(25)24(11-6-7-12-24)32(27)23(26)21-16(28-2)9-8-10-17(21)29-3/h8-10,13-14H,6-7,11-12H2,1-5H3. The molecular formula is C24H28O7P. The Hall–Kier alpha value is -2.92. The second-order valence-electron chi connectivity index (χ2n) is 7.75. The number of hydrogen-bond donors (Lipinski definition) is 0. The molecule has 7 nitrogen and oxygen atoms in total. The molecule has 1 radical (unpaired) electrons. The van der Waals surface area contributed by atoms with Gasteiger partial charge in [-0.15, -0.1) is 0 Å². The minimum Gasteiger partial charge on any atom is -0.496 e. The van der Waals surface area contributed by atoms with Gasteiger partial charge in [-0.25, -0.2) is 0 Å². The number of ether oxygens (including phenoxy) is 4. The Morgan fingerprint density at radius 2 is 1.28 bits per heavy atom. The first-order valence-corrected chi connectivity index (χ1v) is 11.6. The normalized spacial score (nSPS) is 15.1. The first kappa shape index (κ1) is 23.7. The molecule has 8 heteroatoms. The molecule has 0 aromatic heterocycles. The topological polar surface area (TPSA) is 88.1 Å². The van der Waals surface area contributed by atoms with E-state index in [4.69, 9.17) is 18.9 Å². The Labute approximate surface area is 188 Å². The van der Waals surface area contributed by atoms with E-state index in [0.717, 1.165) is 5.56 Å². The lowest BCUT2D eigenvalue weighted by Crippen LogP contribution is -2.34. The molecule has 1 atom stereocenters. The zero-order valence-corrected chi connectivity index (χ0v) is 19.9. The van der Waals surface area contributed by atoms with Crippen molar-refractivity contribution in [2.75, 3.05) is 28.4 Å². The Morgan fingerprint density at radius 3 is 1.72 bits per heavy atom. The summed E-state index contributed by atoms with van der Waals surface area (Å²) in [5.41, 5.74) is 0.496. The summed E-state index contributed by atoms with van der Waals surface area (Å²) in [6, 6.07) is 8.36. The molecule has 0 spiro atoms. The van der Waals surface area contributed by atoms with Crippen molar-refractivity contribution < 1.29 is 33.1 Å². The van der Waals surface area contributed by atoms with Gasteiger partial charge in [0.1, 0.15) is 39.3 Å². The van der Waals surface area contributed by atoms with Crippen LogP contribution < -0.4 is 18.9 Å². The highest BCUT2D eigenvalue weighted by molar-refractivity contribution is 7.67. The average Bonchev–Trinajstić information content (AvgIpc) is 3.32. The highest BCUT2D eigenvalue weighted by Gasteiger charge is 2.52. The number of benzene rings is 2. The van der Waals surface area contributed by atoms with Crippen molar-refractivity contribution in [3.63, 3.8) is 0 Å². The van der Waals surface area contributed by atoms with Crippen molar-refractivity contribution in [3.8, 4) is 23.0 Å². The number of carbonyl (C=O) groups excluding carboxylic acids is 2. The van der Waals surface area contributed by atoms with Crippen LogP contribution in [-0.4, -0.2) is 44.9 Å². The monoisotopic (exact) mass is 459 g/mol. The summed E-state index contributed by atoms with van der Waals surface area (Å²) in [6.45, 7) is 1.86. The van der Waals surface area contributed by atoms with Gasteiger partial charge in [-0.05, 0) is 49.6 Å². The summed E-state index contributed by atoms with van der Waals surface area (Å²) in [7, 11) is 3.13. The minimum absolute atomic E-state index is 0.0838. The summed E-state index contributed by atoms with van der Waals surface area (Å²) in [6.07, 6.45) is 2.06. The highest BCUT2D eigenvalue weighted by Crippen LogP contribution is 2.56. The van der Waals surface area contributed by atoms with Crippen LogP contribution in [0.5, 0.6) is 23.0 Å². The molecule has 1 unspecified atom stereocenters. The van der Waals surface area contributed by atoms with E-state index in [2.05, 4.69) is 0 Å². The maximum atomic E-state index is 14.0. The Kier molecular flexibility index (Phi) is 7.19.